The highest BCUT2D eigenvalue weighted by Crippen LogP contribution is 2.27. The van der Waals surface area contributed by atoms with Crippen molar-refractivity contribution in [3.05, 3.63) is 101 Å². The van der Waals surface area contributed by atoms with Crippen LogP contribution in [0.4, 0.5) is 4.79 Å². The van der Waals surface area contributed by atoms with Crippen molar-refractivity contribution < 1.29 is 24.2 Å². The second-order valence-corrected chi connectivity index (χ2v) is 11.6. The molecule has 0 radical (unpaired) electrons. The summed E-state index contributed by atoms with van der Waals surface area (Å²) < 4.78 is 5.49. The van der Waals surface area contributed by atoms with Gasteiger partial charge < -0.3 is 25.4 Å². The number of phenolic OH excluding ortho intramolecular Hbond substituents is 1. The van der Waals surface area contributed by atoms with Crippen LogP contribution in [0.3, 0.4) is 0 Å². The summed E-state index contributed by atoms with van der Waals surface area (Å²) in [6.45, 7) is 11.7. The number of rotatable bonds is 11. The van der Waals surface area contributed by atoms with Gasteiger partial charge in [0.1, 0.15) is 23.4 Å². The number of hydrogen-bond acceptors (Lipinski definition) is 5. The zero-order valence-corrected chi connectivity index (χ0v) is 25.4. The molecular weight excluding hydrogens is 530 g/mol. The fraction of sp³-hybridized carbons (Fsp3) is 0.382. The molecule has 0 saturated heterocycles. The van der Waals surface area contributed by atoms with Gasteiger partial charge in [-0.05, 0) is 75.4 Å². The Hall–Kier alpha value is -4.33. The number of ether oxygens (including phenoxy) is 1. The average Bonchev–Trinajstić information content (AvgIpc) is 2.92. The van der Waals surface area contributed by atoms with Gasteiger partial charge in [0.05, 0.1) is 0 Å². The highest BCUT2D eigenvalue weighted by atomic mass is 16.6. The van der Waals surface area contributed by atoms with E-state index in [1.165, 1.54) is 12.1 Å². The van der Waals surface area contributed by atoms with Crippen LogP contribution in [0.15, 0.2) is 72.8 Å². The number of nitrogens with one attached hydrogen (secondary N) is 2. The van der Waals surface area contributed by atoms with Gasteiger partial charge in [-0.15, -0.1) is 0 Å². The van der Waals surface area contributed by atoms with Gasteiger partial charge >= 0.3 is 6.09 Å². The third kappa shape index (κ3) is 9.36. The first-order valence-electron chi connectivity index (χ1n) is 14.3. The third-order valence-electron chi connectivity index (χ3n) is 6.70. The molecule has 0 spiro atoms. The molecule has 8 nitrogen and oxygen atoms in total. The van der Waals surface area contributed by atoms with E-state index in [4.69, 9.17) is 4.74 Å². The fourth-order valence-electron chi connectivity index (χ4n) is 4.79. The number of aromatic hydroxyl groups is 1. The molecule has 0 fully saturated rings. The Labute approximate surface area is 249 Å². The van der Waals surface area contributed by atoms with Gasteiger partial charge in [0.2, 0.25) is 11.8 Å². The predicted molar refractivity (Wildman–Crippen MR) is 164 cm³/mol. The molecular formula is C34H43N3O5. The van der Waals surface area contributed by atoms with Crippen LogP contribution in [0.5, 0.6) is 5.75 Å². The van der Waals surface area contributed by atoms with E-state index in [0.717, 1.165) is 22.3 Å². The predicted octanol–water partition coefficient (Wildman–Crippen LogP) is 5.74. The normalized spacial score (nSPS) is 12.6. The summed E-state index contributed by atoms with van der Waals surface area (Å²) in [7, 11) is 0. The summed E-state index contributed by atoms with van der Waals surface area (Å²) in [5, 5.41) is 15.5. The topological polar surface area (TPSA) is 108 Å². The van der Waals surface area contributed by atoms with Gasteiger partial charge in [-0.1, -0.05) is 73.2 Å². The molecule has 0 aliphatic rings. The molecule has 3 aromatic rings. The van der Waals surface area contributed by atoms with Gasteiger partial charge in [0.25, 0.3) is 0 Å². The van der Waals surface area contributed by atoms with Gasteiger partial charge in [0, 0.05) is 19.5 Å². The van der Waals surface area contributed by atoms with E-state index < -0.39 is 29.7 Å². The van der Waals surface area contributed by atoms with Crippen molar-refractivity contribution in [3.63, 3.8) is 0 Å². The second kappa shape index (κ2) is 14.5. The largest absolute Gasteiger partial charge is 0.508 e. The van der Waals surface area contributed by atoms with E-state index in [9.17, 15) is 19.5 Å². The number of hydrogen-bond donors (Lipinski definition) is 3. The molecule has 2 unspecified atom stereocenters. The van der Waals surface area contributed by atoms with E-state index in [2.05, 4.69) is 10.6 Å². The molecule has 0 aliphatic heterocycles. The SMILES string of the molecule is CCCN(C(=O)C(Cc1ccc(O)cc1)NC(=O)OC(C)(C)C)C(C(=O)NCc1ccccc1)c1ccc(C)cc1C. The minimum Gasteiger partial charge on any atom is -0.508 e. The second-order valence-electron chi connectivity index (χ2n) is 11.6. The van der Waals surface area contributed by atoms with E-state index >= 15 is 0 Å². The minimum absolute atomic E-state index is 0.0966. The van der Waals surface area contributed by atoms with Gasteiger partial charge in [-0.2, -0.15) is 0 Å². The van der Waals surface area contributed by atoms with Crippen molar-refractivity contribution in [2.45, 2.75) is 78.6 Å². The molecule has 0 aromatic heterocycles. The van der Waals surface area contributed by atoms with E-state index in [0.29, 0.717) is 18.5 Å². The van der Waals surface area contributed by atoms with Crippen LogP contribution in [-0.2, 0) is 27.3 Å². The minimum atomic E-state index is -1.02. The van der Waals surface area contributed by atoms with E-state index in [1.807, 2.05) is 69.3 Å². The van der Waals surface area contributed by atoms with E-state index in [1.54, 1.807) is 37.8 Å². The number of carbonyl (C=O) groups excluding carboxylic acids is 3. The van der Waals surface area contributed by atoms with Crippen LogP contribution in [0.25, 0.3) is 0 Å². The number of benzene rings is 3. The standard InChI is InChI=1S/C34H43N3O5/c1-7-19-37(32(40)29(36-33(41)42-34(4,5)6)21-25-14-16-27(38)17-15-25)30(28-18-13-23(2)20-24(28)3)31(39)35-22-26-11-9-8-10-12-26/h8-18,20,29-30,38H,7,19,21-22H2,1-6H3,(H,35,39)(H,36,41). The van der Waals surface area contributed by atoms with Crippen molar-refractivity contribution >= 4 is 17.9 Å². The van der Waals surface area contributed by atoms with Crippen LogP contribution >= 0.6 is 0 Å². The lowest BCUT2D eigenvalue weighted by Crippen LogP contribution is -2.54. The lowest BCUT2D eigenvalue weighted by atomic mass is 9.95. The van der Waals surface area contributed by atoms with Crippen LogP contribution in [0, 0.1) is 13.8 Å². The molecule has 3 amide bonds. The number of alkyl carbamates (subject to hydrolysis) is 1. The van der Waals surface area contributed by atoms with Gasteiger partial charge in [-0.25, -0.2) is 4.79 Å². The molecule has 2 atom stereocenters. The molecule has 0 aliphatic carbocycles. The fourth-order valence-corrected chi connectivity index (χ4v) is 4.79. The number of amides is 3. The van der Waals surface area contributed by atoms with E-state index in [-0.39, 0.29) is 24.6 Å². The highest BCUT2D eigenvalue weighted by molar-refractivity contribution is 5.92. The van der Waals surface area contributed by atoms with Crippen LogP contribution in [0.2, 0.25) is 0 Å². The maximum atomic E-state index is 14.4. The molecule has 224 valence electrons. The smallest absolute Gasteiger partial charge is 0.408 e. The van der Waals surface area contributed by atoms with Crippen molar-refractivity contribution in [1.82, 2.24) is 15.5 Å². The first kappa shape index (κ1) is 32.2. The highest BCUT2D eigenvalue weighted by Gasteiger charge is 2.36. The molecule has 0 heterocycles. The van der Waals surface area contributed by atoms with Crippen molar-refractivity contribution in [3.8, 4) is 5.75 Å². The first-order valence-corrected chi connectivity index (χ1v) is 14.3. The Bertz CT molecular complexity index is 1350. The summed E-state index contributed by atoms with van der Waals surface area (Å²) in [4.78, 5) is 42.8. The quantitative estimate of drug-likeness (QED) is 0.271. The van der Waals surface area contributed by atoms with Crippen LogP contribution in [-0.4, -0.2) is 46.1 Å². The van der Waals surface area contributed by atoms with Crippen LogP contribution in [0.1, 0.15) is 68.0 Å². The molecule has 3 aromatic carbocycles. The molecule has 8 heteroatoms. The number of nitrogens with zero attached hydrogens (tertiary/aromatic N) is 1. The number of carbonyl (C=O) groups is 3. The molecule has 0 saturated carbocycles. The summed E-state index contributed by atoms with van der Waals surface area (Å²) in [6.07, 6.45) is 0.00838. The first-order chi connectivity index (χ1) is 19.9. The Morgan fingerprint density at radius 1 is 0.929 bits per heavy atom. The Balaban J connectivity index is 2.02. The maximum Gasteiger partial charge on any atom is 0.408 e. The Kier molecular flexibility index (Phi) is 11.1. The zero-order valence-electron chi connectivity index (χ0n) is 25.4. The van der Waals surface area contributed by atoms with Crippen LogP contribution < -0.4 is 10.6 Å². The molecule has 3 N–H and O–H groups in total. The summed E-state index contributed by atoms with van der Waals surface area (Å²) in [6, 6.07) is 19.9. The van der Waals surface area contributed by atoms with Crippen molar-refractivity contribution in [2.24, 2.45) is 0 Å². The zero-order chi connectivity index (χ0) is 30.9. The summed E-state index contributed by atoms with van der Waals surface area (Å²) in [5.41, 5.74) is 3.56. The number of aryl methyl sites for hydroxylation is 2. The molecule has 3 rings (SSSR count). The Morgan fingerprint density at radius 2 is 1.60 bits per heavy atom. The summed E-state index contributed by atoms with van der Waals surface area (Å²) in [5.74, 6) is -0.622. The van der Waals surface area contributed by atoms with Gasteiger partial charge in [0.15, 0.2) is 0 Å². The lowest BCUT2D eigenvalue weighted by Gasteiger charge is -2.35. The molecule has 0 bridgehead atoms. The van der Waals surface area contributed by atoms with Gasteiger partial charge in [-0.3, -0.25) is 9.59 Å². The Morgan fingerprint density at radius 3 is 2.19 bits per heavy atom. The van der Waals surface area contributed by atoms with Crippen molar-refractivity contribution in [2.75, 3.05) is 6.54 Å². The van der Waals surface area contributed by atoms with Crippen molar-refractivity contribution in [1.29, 1.82) is 0 Å². The maximum absolute atomic E-state index is 14.4. The number of phenols is 1. The lowest BCUT2D eigenvalue weighted by molar-refractivity contribution is -0.142. The molecule has 42 heavy (non-hydrogen) atoms. The average molecular weight is 574 g/mol. The monoisotopic (exact) mass is 573 g/mol. The summed E-state index contributed by atoms with van der Waals surface area (Å²) >= 11 is 0. The third-order valence-corrected chi connectivity index (χ3v) is 6.70.